The van der Waals surface area contributed by atoms with Gasteiger partial charge in [0.2, 0.25) is 0 Å². The Morgan fingerprint density at radius 1 is 1.83 bits per heavy atom. The van der Waals surface area contributed by atoms with E-state index in [1.165, 1.54) is 0 Å². The SMILES string of the molecule is C[C@H](N)CS.Cl. The molecule has 0 aromatic heterocycles. The van der Waals surface area contributed by atoms with E-state index in [2.05, 4.69) is 12.6 Å². The standard InChI is InChI=1S/C3H9NS.ClH/c1-3(4)2-5;/h3,5H,2,4H2,1H3;1H/t3-;/m0./s1. The number of hydrogen-bond acceptors (Lipinski definition) is 2. The lowest BCUT2D eigenvalue weighted by molar-refractivity contribution is 0.850. The Balaban J connectivity index is 0. The summed E-state index contributed by atoms with van der Waals surface area (Å²) in [4.78, 5) is 0. The normalized spacial score (nSPS) is 12.5. The highest BCUT2D eigenvalue weighted by Crippen LogP contribution is 1.75. The van der Waals surface area contributed by atoms with Crippen LogP contribution < -0.4 is 5.73 Å². The molecule has 2 N–H and O–H groups in total. The van der Waals surface area contributed by atoms with E-state index in [4.69, 9.17) is 5.73 Å². The summed E-state index contributed by atoms with van der Waals surface area (Å²) in [5, 5.41) is 0. The third kappa shape index (κ3) is 8.82. The molecule has 0 aliphatic heterocycles. The Hall–Kier alpha value is 0.600. The third-order valence-electron chi connectivity index (χ3n) is 0.288. The highest BCUT2D eigenvalue weighted by Gasteiger charge is 1.80. The maximum absolute atomic E-state index is 5.22. The summed E-state index contributed by atoms with van der Waals surface area (Å²) in [5.41, 5.74) is 5.22. The van der Waals surface area contributed by atoms with E-state index in [9.17, 15) is 0 Å². The van der Waals surface area contributed by atoms with Crippen molar-refractivity contribution in [2.45, 2.75) is 13.0 Å². The second-order valence-electron chi connectivity index (χ2n) is 1.16. The molecule has 0 aromatic carbocycles. The molecular formula is C3H10ClNS. The van der Waals surface area contributed by atoms with Gasteiger partial charge in [-0.3, -0.25) is 0 Å². The van der Waals surface area contributed by atoms with Crippen molar-refractivity contribution in [2.24, 2.45) is 5.73 Å². The van der Waals surface area contributed by atoms with Crippen molar-refractivity contribution >= 4 is 25.0 Å². The highest BCUT2D eigenvalue weighted by atomic mass is 35.5. The molecule has 1 atom stereocenters. The minimum absolute atomic E-state index is 0. The van der Waals surface area contributed by atoms with E-state index < -0.39 is 0 Å². The molecule has 0 saturated carbocycles. The number of thiol groups is 1. The minimum atomic E-state index is 0. The first-order valence-electron chi connectivity index (χ1n) is 1.64. The van der Waals surface area contributed by atoms with Crippen molar-refractivity contribution in [1.29, 1.82) is 0 Å². The number of hydrogen-bond donors (Lipinski definition) is 2. The molecule has 0 radical (unpaired) electrons. The second-order valence-corrected chi connectivity index (χ2v) is 1.53. The topological polar surface area (TPSA) is 26.0 Å². The monoisotopic (exact) mass is 127 g/mol. The Kier molecular flexibility index (Phi) is 9.13. The van der Waals surface area contributed by atoms with Crippen molar-refractivity contribution in [3.05, 3.63) is 0 Å². The predicted molar refractivity (Wildman–Crippen MR) is 34.8 cm³/mol. The summed E-state index contributed by atoms with van der Waals surface area (Å²) in [5.74, 6) is 0.778. The van der Waals surface area contributed by atoms with Crippen LogP contribution in [0.2, 0.25) is 0 Å². The quantitative estimate of drug-likeness (QED) is 0.498. The highest BCUT2D eigenvalue weighted by molar-refractivity contribution is 7.80. The van der Waals surface area contributed by atoms with Crippen LogP contribution in [0.4, 0.5) is 0 Å². The summed E-state index contributed by atoms with van der Waals surface area (Å²) >= 11 is 3.89. The van der Waals surface area contributed by atoms with Crippen molar-refractivity contribution in [1.82, 2.24) is 0 Å². The van der Waals surface area contributed by atoms with Crippen molar-refractivity contribution in [3.63, 3.8) is 0 Å². The third-order valence-corrected chi connectivity index (χ3v) is 0.864. The van der Waals surface area contributed by atoms with Crippen LogP contribution in [0.3, 0.4) is 0 Å². The Labute approximate surface area is 50.1 Å². The van der Waals surface area contributed by atoms with Crippen LogP contribution in [-0.2, 0) is 0 Å². The maximum Gasteiger partial charge on any atom is 0.00989 e. The van der Waals surface area contributed by atoms with Gasteiger partial charge in [0.1, 0.15) is 0 Å². The second kappa shape index (κ2) is 5.60. The van der Waals surface area contributed by atoms with Gasteiger partial charge in [-0.15, -0.1) is 12.4 Å². The summed E-state index contributed by atoms with van der Waals surface area (Å²) in [6.07, 6.45) is 0. The fraction of sp³-hybridized carbons (Fsp3) is 1.00. The van der Waals surface area contributed by atoms with Gasteiger partial charge in [-0.2, -0.15) is 12.6 Å². The Bertz CT molecular complexity index is 24.8. The Morgan fingerprint density at radius 2 is 2.00 bits per heavy atom. The molecule has 0 unspecified atom stereocenters. The molecule has 0 fully saturated rings. The van der Waals surface area contributed by atoms with E-state index in [-0.39, 0.29) is 18.4 Å². The van der Waals surface area contributed by atoms with Crippen LogP contribution in [-0.4, -0.2) is 11.8 Å². The fourth-order valence-corrected chi connectivity index (χ4v) is 0. The lowest BCUT2D eigenvalue weighted by Crippen LogP contribution is -2.15. The molecule has 0 bridgehead atoms. The average molecular weight is 128 g/mol. The van der Waals surface area contributed by atoms with Gasteiger partial charge >= 0.3 is 0 Å². The molecule has 0 aromatic rings. The van der Waals surface area contributed by atoms with Crippen LogP contribution in [0.15, 0.2) is 0 Å². The zero-order valence-corrected chi connectivity index (χ0v) is 5.43. The molecule has 0 aliphatic carbocycles. The van der Waals surface area contributed by atoms with E-state index in [0.29, 0.717) is 0 Å². The molecule has 40 valence electrons. The van der Waals surface area contributed by atoms with Crippen LogP contribution in [0, 0.1) is 0 Å². The molecule has 0 saturated heterocycles. The van der Waals surface area contributed by atoms with Crippen molar-refractivity contribution in [2.75, 3.05) is 5.75 Å². The molecule has 1 nitrogen and oxygen atoms in total. The molecular weight excluding hydrogens is 118 g/mol. The van der Waals surface area contributed by atoms with Gasteiger partial charge in [-0.05, 0) is 6.92 Å². The first-order chi connectivity index (χ1) is 2.27. The van der Waals surface area contributed by atoms with Crippen molar-refractivity contribution < 1.29 is 0 Å². The van der Waals surface area contributed by atoms with Crippen LogP contribution in [0.5, 0.6) is 0 Å². The van der Waals surface area contributed by atoms with Crippen LogP contribution >= 0.6 is 25.0 Å². The maximum atomic E-state index is 5.22. The largest absolute Gasteiger partial charge is 0.327 e. The summed E-state index contributed by atoms with van der Waals surface area (Å²) in [6.45, 7) is 1.92. The van der Waals surface area contributed by atoms with Crippen LogP contribution in [0.25, 0.3) is 0 Å². The number of nitrogens with two attached hydrogens (primary N) is 1. The number of halogens is 1. The predicted octanol–water partition coefficient (Wildman–Crippen LogP) is 0.685. The van der Waals surface area contributed by atoms with E-state index in [0.717, 1.165) is 5.75 Å². The van der Waals surface area contributed by atoms with Gasteiger partial charge in [0.25, 0.3) is 0 Å². The molecule has 3 heteroatoms. The molecule has 0 heterocycles. The van der Waals surface area contributed by atoms with E-state index in [1.54, 1.807) is 0 Å². The Morgan fingerprint density at radius 3 is 2.00 bits per heavy atom. The van der Waals surface area contributed by atoms with E-state index in [1.807, 2.05) is 6.92 Å². The molecule has 0 spiro atoms. The first kappa shape index (κ1) is 9.78. The van der Waals surface area contributed by atoms with Gasteiger partial charge in [0.15, 0.2) is 0 Å². The summed E-state index contributed by atoms with van der Waals surface area (Å²) in [7, 11) is 0. The van der Waals surface area contributed by atoms with Crippen molar-refractivity contribution in [3.8, 4) is 0 Å². The molecule has 6 heavy (non-hydrogen) atoms. The molecule has 0 aliphatic rings. The zero-order chi connectivity index (χ0) is 4.28. The van der Waals surface area contributed by atoms with E-state index >= 15 is 0 Å². The zero-order valence-electron chi connectivity index (χ0n) is 3.72. The fourth-order valence-electron chi connectivity index (χ4n) is 0. The minimum Gasteiger partial charge on any atom is -0.327 e. The van der Waals surface area contributed by atoms with Crippen LogP contribution in [0.1, 0.15) is 6.92 Å². The van der Waals surface area contributed by atoms with Gasteiger partial charge in [0, 0.05) is 11.8 Å². The van der Waals surface area contributed by atoms with Gasteiger partial charge in [-0.25, -0.2) is 0 Å². The van der Waals surface area contributed by atoms with Gasteiger partial charge in [-0.1, -0.05) is 0 Å². The first-order valence-corrected chi connectivity index (χ1v) is 2.27. The average Bonchev–Trinajstić information content (AvgIpc) is 1.38. The summed E-state index contributed by atoms with van der Waals surface area (Å²) in [6, 6.07) is 0.248. The summed E-state index contributed by atoms with van der Waals surface area (Å²) < 4.78 is 0. The lowest BCUT2D eigenvalue weighted by atomic mass is 10.4. The van der Waals surface area contributed by atoms with Gasteiger partial charge in [0.05, 0.1) is 0 Å². The number of rotatable bonds is 1. The molecule has 0 amide bonds. The smallest absolute Gasteiger partial charge is 0.00989 e. The van der Waals surface area contributed by atoms with Gasteiger partial charge < -0.3 is 5.73 Å². The lowest BCUT2D eigenvalue weighted by Gasteiger charge is -1.91. The molecule has 0 rings (SSSR count).